The zero-order valence-corrected chi connectivity index (χ0v) is 20.4. The van der Waals surface area contributed by atoms with Crippen LogP contribution >= 0.6 is 0 Å². The molecule has 2 amide bonds. The van der Waals surface area contributed by atoms with Gasteiger partial charge in [0.15, 0.2) is 11.7 Å². The summed E-state index contributed by atoms with van der Waals surface area (Å²) in [6.07, 6.45) is 2.98. The van der Waals surface area contributed by atoms with Gasteiger partial charge < -0.3 is 19.4 Å². The Balaban J connectivity index is 1.41. The number of rotatable bonds is 9. The third-order valence-corrected chi connectivity index (χ3v) is 6.33. The molecule has 36 heavy (non-hydrogen) atoms. The van der Waals surface area contributed by atoms with E-state index in [2.05, 4.69) is 10.3 Å². The molecule has 3 aromatic rings. The van der Waals surface area contributed by atoms with Crippen molar-refractivity contribution in [3.8, 4) is 11.3 Å². The number of amides is 2. The van der Waals surface area contributed by atoms with Gasteiger partial charge in [0.05, 0.1) is 24.4 Å². The third-order valence-electron chi connectivity index (χ3n) is 6.33. The number of carbonyl (C=O) groups excluding carboxylic acids is 2. The summed E-state index contributed by atoms with van der Waals surface area (Å²) >= 11 is 0. The van der Waals surface area contributed by atoms with Crippen LogP contribution < -0.4 is 5.32 Å². The predicted octanol–water partition coefficient (Wildman–Crippen LogP) is 4.82. The van der Waals surface area contributed by atoms with Crippen LogP contribution in [0.25, 0.3) is 11.3 Å². The number of aromatic nitrogens is 1. The Hall–Kier alpha value is -3.59. The van der Waals surface area contributed by atoms with Crippen molar-refractivity contribution >= 4 is 17.5 Å². The van der Waals surface area contributed by atoms with Gasteiger partial charge in [-0.1, -0.05) is 18.2 Å². The molecule has 1 fully saturated rings. The van der Waals surface area contributed by atoms with Crippen LogP contribution in [0.2, 0.25) is 0 Å². The Morgan fingerprint density at radius 3 is 2.61 bits per heavy atom. The molecule has 0 aliphatic carbocycles. The number of halogens is 2. The first-order valence-electron chi connectivity index (χ1n) is 12.0. The zero-order valence-electron chi connectivity index (χ0n) is 20.4. The molecular weight excluding hydrogens is 468 g/mol. The van der Waals surface area contributed by atoms with E-state index in [4.69, 9.17) is 9.15 Å². The lowest BCUT2D eigenvalue weighted by Gasteiger charge is -2.25. The maximum absolute atomic E-state index is 14.0. The number of ether oxygens (including phenoxy) is 1. The SMILES string of the molecule is Cc1cccc(NC(=O)CN(C[C@H]2CCCO2)C(=O)CCc2ncc(-c3c(F)cccc3F)o2)c1C. The van der Waals surface area contributed by atoms with Gasteiger partial charge in [0.2, 0.25) is 11.8 Å². The van der Waals surface area contributed by atoms with E-state index in [9.17, 15) is 18.4 Å². The highest BCUT2D eigenvalue weighted by Crippen LogP contribution is 2.27. The number of nitrogens with zero attached hydrogens (tertiary/aromatic N) is 2. The first-order chi connectivity index (χ1) is 17.3. The first-order valence-corrected chi connectivity index (χ1v) is 12.0. The van der Waals surface area contributed by atoms with E-state index in [0.29, 0.717) is 18.8 Å². The minimum absolute atomic E-state index is 0.0170. The topological polar surface area (TPSA) is 84.7 Å². The minimum Gasteiger partial charge on any atom is -0.441 e. The van der Waals surface area contributed by atoms with Crippen LogP contribution in [0.4, 0.5) is 14.5 Å². The summed E-state index contributed by atoms with van der Waals surface area (Å²) in [5.74, 6) is -1.95. The van der Waals surface area contributed by atoms with Crippen LogP contribution in [0.1, 0.15) is 36.3 Å². The summed E-state index contributed by atoms with van der Waals surface area (Å²) < 4.78 is 39.3. The number of hydrogen-bond acceptors (Lipinski definition) is 5. The summed E-state index contributed by atoms with van der Waals surface area (Å²) in [4.78, 5) is 31.5. The lowest BCUT2D eigenvalue weighted by atomic mass is 10.1. The second-order valence-corrected chi connectivity index (χ2v) is 8.92. The van der Waals surface area contributed by atoms with Gasteiger partial charge in [0.25, 0.3) is 0 Å². The molecule has 7 nitrogen and oxygen atoms in total. The number of hydrogen-bond donors (Lipinski definition) is 1. The first kappa shape index (κ1) is 25.5. The van der Waals surface area contributed by atoms with Crippen molar-refractivity contribution in [1.29, 1.82) is 0 Å². The molecule has 0 spiro atoms. The van der Waals surface area contributed by atoms with Gasteiger partial charge in [-0.05, 0) is 56.0 Å². The monoisotopic (exact) mass is 497 g/mol. The van der Waals surface area contributed by atoms with Gasteiger partial charge in [-0.15, -0.1) is 0 Å². The molecule has 1 aliphatic heterocycles. The molecule has 1 aromatic heterocycles. The summed E-state index contributed by atoms with van der Waals surface area (Å²) in [7, 11) is 0. The van der Waals surface area contributed by atoms with Crippen LogP contribution in [0.3, 0.4) is 0 Å². The number of benzene rings is 2. The molecule has 2 aromatic carbocycles. The van der Waals surface area contributed by atoms with Gasteiger partial charge >= 0.3 is 0 Å². The highest BCUT2D eigenvalue weighted by Gasteiger charge is 2.25. The van der Waals surface area contributed by atoms with E-state index in [1.165, 1.54) is 17.2 Å². The zero-order chi connectivity index (χ0) is 25.7. The van der Waals surface area contributed by atoms with Crippen LogP contribution in [0.15, 0.2) is 47.0 Å². The van der Waals surface area contributed by atoms with E-state index in [0.717, 1.165) is 36.1 Å². The Bertz CT molecular complexity index is 1220. The Morgan fingerprint density at radius 1 is 1.14 bits per heavy atom. The van der Waals surface area contributed by atoms with Gasteiger partial charge in [-0.25, -0.2) is 13.8 Å². The molecule has 9 heteroatoms. The largest absolute Gasteiger partial charge is 0.441 e. The molecule has 4 rings (SSSR count). The summed E-state index contributed by atoms with van der Waals surface area (Å²) in [5.41, 5.74) is 2.43. The maximum Gasteiger partial charge on any atom is 0.244 e. The lowest BCUT2D eigenvalue weighted by molar-refractivity contribution is -0.136. The maximum atomic E-state index is 14.0. The third kappa shape index (κ3) is 6.15. The summed E-state index contributed by atoms with van der Waals surface area (Å²) in [6, 6.07) is 9.19. The van der Waals surface area contributed by atoms with Crippen molar-refractivity contribution in [3.63, 3.8) is 0 Å². The minimum atomic E-state index is -0.758. The molecule has 1 atom stereocenters. The second-order valence-electron chi connectivity index (χ2n) is 8.92. The summed E-state index contributed by atoms with van der Waals surface area (Å²) in [5, 5.41) is 2.89. The lowest BCUT2D eigenvalue weighted by Crippen LogP contribution is -2.42. The van der Waals surface area contributed by atoms with Crippen molar-refractivity contribution in [1.82, 2.24) is 9.88 Å². The van der Waals surface area contributed by atoms with E-state index >= 15 is 0 Å². The molecule has 2 heterocycles. The van der Waals surface area contributed by atoms with Crippen LogP contribution in [0, 0.1) is 25.5 Å². The van der Waals surface area contributed by atoms with Gasteiger partial charge in [-0.3, -0.25) is 9.59 Å². The van der Waals surface area contributed by atoms with Gasteiger partial charge in [0, 0.05) is 31.7 Å². The van der Waals surface area contributed by atoms with Crippen LogP contribution in [0.5, 0.6) is 0 Å². The number of nitrogens with one attached hydrogen (secondary N) is 1. The summed E-state index contributed by atoms with van der Waals surface area (Å²) in [6.45, 7) is 4.71. The average Bonchev–Trinajstić information content (AvgIpc) is 3.52. The molecule has 1 N–H and O–H groups in total. The number of anilines is 1. The van der Waals surface area contributed by atoms with E-state index in [1.54, 1.807) is 0 Å². The van der Waals surface area contributed by atoms with Crippen LogP contribution in [-0.2, 0) is 20.7 Å². The fraction of sp³-hybridized carbons (Fsp3) is 0.370. The van der Waals surface area contributed by atoms with Crippen molar-refractivity contribution in [2.24, 2.45) is 0 Å². The highest BCUT2D eigenvalue weighted by molar-refractivity contribution is 5.95. The fourth-order valence-electron chi connectivity index (χ4n) is 4.18. The number of oxazole rings is 1. The van der Waals surface area contributed by atoms with Crippen molar-refractivity contribution in [2.45, 2.75) is 45.6 Å². The molecular formula is C27H29F2N3O4. The molecule has 1 aliphatic rings. The molecule has 1 saturated heterocycles. The van der Waals surface area contributed by atoms with Crippen LogP contribution in [-0.4, -0.2) is 47.5 Å². The normalized spacial score (nSPS) is 15.2. The smallest absolute Gasteiger partial charge is 0.244 e. The Morgan fingerprint density at radius 2 is 1.89 bits per heavy atom. The standard InChI is InChI=1S/C27H29F2N3O4/c1-17-6-3-10-22(18(17)2)31-24(33)16-32(15-19-7-5-13-35-19)26(34)12-11-25-30-14-23(36-25)27-20(28)8-4-9-21(27)29/h3-4,6,8-10,14,19H,5,7,11-13,15-16H2,1-2H3,(H,31,33)/t19-/m1/s1. The quantitative estimate of drug-likeness (QED) is 0.458. The molecule has 190 valence electrons. The van der Waals surface area contributed by atoms with Crippen molar-refractivity contribution in [3.05, 3.63) is 71.2 Å². The fourth-order valence-corrected chi connectivity index (χ4v) is 4.18. The van der Waals surface area contributed by atoms with E-state index in [-0.39, 0.29) is 54.5 Å². The number of carbonyl (C=O) groups is 2. The molecule has 0 saturated carbocycles. The number of aryl methyl sites for hydroxylation is 2. The van der Waals surface area contributed by atoms with E-state index < -0.39 is 11.6 Å². The molecule has 0 unspecified atom stereocenters. The van der Waals surface area contributed by atoms with Gasteiger partial charge in [0.1, 0.15) is 11.6 Å². The highest BCUT2D eigenvalue weighted by atomic mass is 19.1. The average molecular weight is 498 g/mol. The predicted molar refractivity (Wildman–Crippen MR) is 130 cm³/mol. The van der Waals surface area contributed by atoms with Crippen molar-refractivity contribution < 1.29 is 27.5 Å². The Kier molecular flexibility index (Phi) is 8.10. The second kappa shape index (κ2) is 11.4. The molecule has 0 bridgehead atoms. The van der Waals surface area contributed by atoms with E-state index in [1.807, 2.05) is 32.0 Å². The van der Waals surface area contributed by atoms with Crippen molar-refractivity contribution in [2.75, 3.05) is 25.0 Å². The van der Waals surface area contributed by atoms with Gasteiger partial charge in [-0.2, -0.15) is 0 Å². The Labute approximate surface area is 208 Å². The molecule has 0 radical (unpaired) electrons.